The van der Waals surface area contributed by atoms with E-state index in [0.29, 0.717) is 54.9 Å². The van der Waals surface area contributed by atoms with Crippen molar-refractivity contribution in [2.24, 2.45) is 0 Å². The summed E-state index contributed by atoms with van der Waals surface area (Å²) in [6.45, 7) is 6.76. The summed E-state index contributed by atoms with van der Waals surface area (Å²) in [7, 11) is 3.16. The van der Waals surface area contributed by atoms with Crippen LogP contribution in [-0.2, 0) is 4.74 Å². The quantitative estimate of drug-likeness (QED) is 0.492. The van der Waals surface area contributed by atoms with Crippen LogP contribution in [-0.4, -0.2) is 71.7 Å². The molecule has 0 atom stereocenters. The van der Waals surface area contributed by atoms with Crippen molar-refractivity contribution in [3.63, 3.8) is 0 Å². The number of carbonyl (C=O) groups is 1. The van der Waals surface area contributed by atoms with Crippen LogP contribution in [0.3, 0.4) is 0 Å². The molecule has 10 nitrogen and oxygen atoms in total. The highest BCUT2D eigenvalue weighted by Crippen LogP contribution is 2.33. The minimum atomic E-state index is -0.551. The number of amides is 1. The van der Waals surface area contributed by atoms with Crippen LogP contribution < -0.4 is 19.9 Å². The summed E-state index contributed by atoms with van der Waals surface area (Å²) in [6, 6.07) is 10.9. The fraction of sp³-hybridized carbons (Fsp3) is 0.464. The molecule has 1 N–H and O–H groups in total. The Morgan fingerprint density at radius 2 is 1.71 bits per heavy atom. The van der Waals surface area contributed by atoms with Crippen molar-refractivity contribution in [1.29, 1.82) is 0 Å². The van der Waals surface area contributed by atoms with E-state index < -0.39 is 5.60 Å². The van der Waals surface area contributed by atoms with E-state index in [0.717, 1.165) is 11.4 Å². The van der Waals surface area contributed by atoms with Gasteiger partial charge in [0.2, 0.25) is 0 Å². The molecule has 10 heteroatoms. The van der Waals surface area contributed by atoms with Gasteiger partial charge in [-0.15, -0.1) is 0 Å². The van der Waals surface area contributed by atoms with Gasteiger partial charge >= 0.3 is 6.09 Å². The van der Waals surface area contributed by atoms with Gasteiger partial charge in [-0.1, -0.05) is 0 Å². The van der Waals surface area contributed by atoms with Crippen molar-refractivity contribution in [2.45, 2.75) is 45.3 Å². The van der Waals surface area contributed by atoms with Crippen molar-refractivity contribution >= 4 is 28.4 Å². The van der Waals surface area contributed by atoms with E-state index in [1.54, 1.807) is 42.1 Å². The predicted molar refractivity (Wildman–Crippen MR) is 146 cm³/mol. The SMILES string of the molecule is COc1cc(OC)cc(N(CCO)c2ccc3ncn(C4CCN(C(=O)OC(C)(C)C)CC4)c(=O)c3c2)c1. The topological polar surface area (TPSA) is 106 Å². The molecule has 2 aromatic carbocycles. The van der Waals surface area contributed by atoms with E-state index in [-0.39, 0.29) is 24.3 Å². The van der Waals surface area contributed by atoms with Crippen molar-refractivity contribution in [2.75, 3.05) is 45.4 Å². The zero-order valence-electron chi connectivity index (χ0n) is 22.6. The Labute approximate surface area is 222 Å². The summed E-state index contributed by atoms with van der Waals surface area (Å²) in [6.07, 6.45) is 2.53. The lowest BCUT2D eigenvalue weighted by atomic mass is 10.0. The van der Waals surface area contributed by atoms with Gasteiger partial charge in [0.25, 0.3) is 5.56 Å². The number of nitrogens with zero attached hydrogens (tertiary/aromatic N) is 4. The van der Waals surface area contributed by atoms with Crippen LogP contribution in [0.2, 0.25) is 0 Å². The van der Waals surface area contributed by atoms with E-state index in [4.69, 9.17) is 14.2 Å². The van der Waals surface area contributed by atoms with E-state index in [9.17, 15) is 14.7 Å². The summed E-state index contributed by atoms with van der Waals surface area (Å²) >= 11 is 0. The Hall–Kier alpha value is -3.79. The Balaban J connectivity index is 1.62. The number of aliphatic hydroxyl groups excluding tert-OH is 1. The van der Waals surface area contributed by atoms with Crippen LogP contribution in [0.5, 0.6) is 11.5 Å². The number of hydrogen-bond acceptors (Lipinski definition) is 8. The molecular weight excluding hydrogens is 488 g/mol. The molecule has 0 bridgehead atoms. The molecule has 2 heterocycles. The average molecular weight is 525 g/mol. The average Bonchev–Trinajstić information content (AvgIpc) is 2.90. The summed E-state index contributed by atoms with van der Waals surface area (Å²) in [4.78, 5) is 34.2. The number of likely N-dealkylation sites (tertiary alicyclic amines) is 1. The normalized spacial score (nSPS) is 14.4. The molecule has 4 rings (SSSR count). The van der Waals surface area contributed by atoms with Gasteiger partial charge in [0.15, 0.2) is 0 Å². The number of carbonyl (C=O) groups excluding carboxylic acids is 1. The molecule has 1 aliphatic rings. The first-order valence-corrected chi connectivity index (χ1v) is 12.7. The molecule has 0 radical (unpaired) electrons. The van der Waals surface area contributed by atoms with Crippen molar-refractivity contribution in [3.05, 3.63) is 53.1 Å². The largest absolute Gasteiger partial charge is 0.497 e. The number of piperidine rings is 1. The van der Waals surface area contributed by atoms with Gasteiger partial charge in [0, 0.05) is 55.2 Å². The third kappa shape index (κ3) is 6.02. The molecule has 1 aliphatic heterocycles. The lowest BCUT2D eigenvalue weighted by molar-refractivity contribution is 0.0187. The van der Waals surface area contributed by atoms with E-state index in [2.05, 4.69) is 4.98 Å². The summed E-state index contributed by atoms with van der Waals surface area (Å²) < 4.78 is 18.0. The van der Waals surface area contributed by atoms with E-state index >= 15 is 0 Å². The molecule has 1 amide bonds. The number of methoxy groups -OCH3 is 2. The number of fused-ring (bicyclic) bond motifs is 1. The summed E-state index contributed by atoms with van der Waals surface area (Å²) in [5, 5.41) is 10.3. The minimum Gasteiger partial charge on any atom is -0.497 e. The molecule has 0 spiro atoms. The zero-order chi connectivity index (χ0) is 27.4. The first-order valence-electron chi connectivity index (χ1n) is 12.7. The number of anilines is 2. The highest BCUT2D eigenvalue weighted by molar-refractivity contribution is 5.83. The third-order valence-electron chi connectivity index (χ3n) is 6.56. The number of aromatic nitrogens is 2. The second-order valence-electron chi connectivity index (χ2n) is 10.3. The molecule has 0 unspecified atom stereocenters. The van der Waals surface area contributed by atoms with Crippen LogP contribution in [0.25, 0.3) is 10.9 Å². The molecule has 0 saturated carbocycles. The fourth-order valence-corrected chi connectivity index (χ4v) is 4.66. The fourth-order valence-electron chi connectivity index (χ4n) is 4.66. The van der Waals surface area contributed by atoms with Crippen LogP contribution in [0.1, 0.15) is 39.7 Å². The number of aliphatic hydroxyl groups is 1. The maximum absolute atomic E-state index is 13.6. The first kappa shape index (κ1) is 27.3. The molecule has 1 aromatic heterocycles. The number of benzene rings is 2. The molecule has 38 heavy (non-hydrogen) atoms. The third-order valence-corrected chi connectivity index (χ3v) is 6.56. The lowest BCUT2D eigenvalue weighted by Gasteiger charge is -2.34. The van der Waals surface area contributed by atoms with Gasteiger partial charge in [-0.3, -0.25) is 9.36 Å². The number of hydrogen-bond donors (Lipinski definition) is 1. The van der Waals surface area contributed by atoms with Gasteiger partial charge in [-0.25, -0.2) is 9.78 Å². The van der Waals surface area contributed by atoms with Gasteiger partial charge in [0.1, 0.15) is 17.1 Å². The first-order chi connectivity index (χ1) is 18.1. The minimum absolute atomic E-state index is 0.0714. The maximum atomic E-state index is 13.6. The molecule has 0 aliphatic carbocycles. The van der Waals surface area contributed by atoms with Gasteiger partial charge < -0.3 is 29.1 Å². The number of ether oxygens (including phenoxy) is 3. The van der Waals surface area contributed by atoms with Crippen molar-refractivity contribution in [1.82, 2.24) is 14.5 Å². The Kier molecular flexibility index (Phi) is 8.11. The van der Waals surface area contributed by atoms with Crippen LogP contribution in [0, 0.1) is 0 Å². The van der Waals surface area contributed by atoms with Gasteiger partial charge in [-0.2, -0.15) is 0 Å². The summed E-state index contributed by atoms with van der Waals surface area (Å²) in [5.41, 5.74) is 1.39. The Morgan fingerprint density at radius 3 is 2.29 bits per heavy atom. The molecule has 204 valence electrons. The number of rotatable bonds is 7. The van der Waals surface area contributed by atoms with Crippen molar-refractivity contribution < 1.29 is 24.1 Å². The van der Waals surface area contributed by atoms with E-state index in [1.165, 1.54) is 0 Å². The smallest absolute Gasteiger partial charge is 0.410 e. The van der Waals surface area contributed by atoms with E-state index in [1.807, 2.05) is 49.9 Å². The molecule has 3 aromatic rings. The zero-order valence-corrected chi connectivity index (χ0v) is 22.6. The van der Waals surface area contributed by atoms with Crippen LogP contribution in [0.4, 0.5) is 16.2 Å². The standard InChI is InChI=1S/C28H36N4O6/c1-28(2,3)38-27(35)30-10-8-19(9-11-30)32-18-29-25-7-6-20(16-24(25)26(32)34)31(12-13-33)21-14-22(36-4)17-23(15-21)37-5/h6-7,14-19,33H,8-13H2,1-5H3. The lowest BCUT2D eigenvalue weighted by Crippen LogP contribution is -2.43. The monoisotopic (exact) mass is 524 g/mol. The van der Waals surface area contributed by atoms with Crippen LogP contribution >= 0.6 is 0 Å². The Bertz CT molecular complexity index is 1320. The Morgan fingerprint density at radius 1 is 1.05 bits per heavy atom. The van der Waals surface area contributed by atoms with Crippen molar-refractivity contribution in [3.8, 4) is 11.5 Å². The highest BCUT2D eigenvalue weighted by Gasteiger charge is 2.28. The van der Waals surface area contributed by atoms with Crippen LogP contribution in [0.15, 0.2) is 47.5 Å². The second-order valence-corrected chi connectivity index (χ2v) is 10.3. The maximum Gasteiger partial charge on any atom is 0.410 e. The molecular formula is C28H36N4O6. The van der Waals surface area contributed by atoms with Gasteiger partial charge in [0.05, 0.1) is 38.1 Å². The molecule has 1 saturated heterocycles. The predicted octanol–water partition coefficient (Wildman–Crippen LogP) is 4.12. The van der Waals surface area contributed by atoms with Gasteiger partial charge in [-0.05, 0) is 51.8 Å². The highest BCUT2D eigenvalue weighted by atomic mass is 16.6. The second kappa shape index (κ2) is 11.3. The molecule has 1 fully saturated rings. The summed E-state index contributed by atoms with van der Waals surface area (Å²) in [5.74, 6) is 1.23.